The Kier molecular flexibility index (Phi) is 3.96. The van der Waals surface area contributed by atoms with Crippen LogP contribution in [0.4, 0.5) is 0 Å². The van der Waals surface area contributed by atoms with Crippen molar-refractivity contribution in [2.24, 2.45) is 0 Å². The highest BCUT2D eigenvalue weighted by molar-refractivity contribution is 6.34. The fourth-order valence-corrected chi connectivity index (χ4v) is 3.32. The fraction of sp³-hybridized carbons (Fsp3) is 0.200. The SMILES string of the molecule is O=C(O)C1(Oc2ccccc2-c2cc(=O)c3cccc(Cl)c3o2)CCC1. The van der Waals surface area contributed by atoms with Crippen molar-refractivity contribution < 1.29 is 19.1 Å². The number of benzene rings is 2. The average Bonchev–Trinajstić information content (AvgIpc) is 2.59. The molecule has 1 fully saturated rings. The van der Waals surface area contributed by atoms with Crippen molar-refractivity contribution in [2.75, 3.05) is 0 Å². The van der Waals surface area contributed by atoms with E-state index in [1.54, 1.807) is 42.5 Å². The minimum Gasteiger partial charge on any atom is -0.478 e. The summed E-state index contributed by atoms with van der Waals surface area (Å²) in [7, 11) is 0. The number of aliphatic carboxylic acids is 1. The van der Waals surface area contributed by atoms with Crippen molar-refractivity contribution in [2.45, 2.75) is 24.9 Å². The molecule has 5 nitrogen and oxygen atoms in total. The zero-order valence-electron chi connectivity index (χ0n) is 13.7. The molecule has 2 aromatic carbocycles. The second-order valence-corrected chi connectivity index (χ2v) is 6.75. The lowest BCUT2D eigenvalue weighted by atomic mass is 9.80. The molecule has 26 heavy (non-hydrogen) atoms. The molecule has 1 heterocycles. The molecule has 0 atom stereocenters. The van der Waals surface area contributed by atoms with Gasteiger partial charge in [0.05, 0.1) is 16.0 Å². The molecule has 1 N–H and O–H groups in total. The Labute approximate surface area is 153 Å². The van der Waals surface area contributed by atoms with Crippen molar-refractivity contribution >= 4 is 28.5 Å². The van der Waals surface area contributed by atoms with Gasteiger partial charge >= 0.3 is 5.97 Å². The summed E-state index contributed by atoms with van der Waals surface area (Å²) in [4.78, 5) is 24.1. The monoisotopic (exact) mass is 370 g/mol. The van der Waals surface area contributed by atoms with Gasteiger partial charge in [0.2, 0.25) is 5.60 Å². The lowest BCUT2D eigenvalue weighted by molar-refractivity contribution is -0.163. The normalized spacial score (nSPS) is 15.4. The smallest absolute Gasteiger partial charge is 0.348 e. The van der Waals surface area contributed by atoms with Gasteiger partial charge in [-0.05, 0) is 43.5 Å². The Morgan fingerprint density at radius 3 is 2.62 bits per heavy atom. The van der Waals surface area contributed by atoms with Crippen LogP contribution in [0.3, 0.4) is 0 Å². The van der Waals surface area contributed by atoms with Crippen LogP contribution in [0.15, 0.2) is 57.7 Å². The fourth-order valence-electron chi connectivity index (χ4n) is 3.10. The molecule has 132 valence electrons. The number of hydrogen-bond acceptors (Lipinski definition) is 4. The highest BCUT2D eigenvalue weighted by Crippen LogP contribution is 2.40. The molecule has 1 aromatic heterocycles. The number of ether oxygens (including phenoxy) is 1. The Bertz CT molecular complexity index is 1070. The summed E-state index contributed by atoms with van der Waals surface area (Å²) in [6.45, 7) is 0. The zero-order valence-corrected chi connectivity index (χ0v) is 14.5. The molecule has 0 spiro atoms. The standard InChI is InChI=1S/C20H15ClO5/c21-14-7-3-6-12-15(22)11-17(25-18(12)14)13-5-1-2-8-16(13)26-20(19(23)24)9-4-10-20/h1-3,5-8,11H,4,9-10H2,(H,23,24). The van der Waals surface area contributed by atoms with Crippen LogP contribution in [0.25, 0.3) is 22.3 Å². The number of halogens is 1. The molecular weight excluding hydrogens is 356 g/mol. The molecule has 6 heteroatoms. The Morgan fingerprint density at radius 1 is 1.15 bits per heavy atom. The van der Waals surface area contributed by atoms with Gasteiger partial charge in [0.1, 0.15) is 11.5 Å². The largest absolute Gasteiger partial charge is 0.478 e. The third-order valence-electron chi connectivity index (χ3n) is 4.72. The molecule has 1 aliphatic rings. The summed E-state index contributed by atoms with van der Waals surface area (Å²) in [5, 5.41) is 10.2. The highest BCUT2D eigenvalue weighted by atomic mass is 35.5. The molecule has 3 aromatic rings. The molecule has 0 amide bonds. The molecule has 4 rings (SSSR count). The maximum absolute atomic E-state index is 12.4. The van der Waals surface area contributed by atoms with Gasteiger partial charge in [-0.15, -0.1) is 0 Å². The Hall–Kier alpha value is -2.79. The van der Waals surface area contributed by atoms with Crippen LogP contribution in [0, 0.1) is 0 Å². The summed E-state index contributed by atoms with van der Waals surface area (Å²) in [6, 6.07) is 13.3. The van der Waals surface area contributed by atoms with Crippen LogP contribution in [0.1, 0.15) is 19.3 Å². The molecule has 0 bridgehead atoms. The number of carboxylic acids is 1. The van der Waals surface area contributed by atoms with Crippen LogP contribution in [0.2, 0.25) is 5.02 Å². The van der Waals surface area contributed by atoms with Crippen LogP contribution < -0.4 is 10.2 Å². The van der Waals surface area contributed by atoms with E-state index < -0.39 is 11.6 Å². The van der Waals surface area contributed by atoms with Gasteiger partial charge in [0.15, 0.2) is 11.0 Å². The van der Waals surface area contributed by atoms with Gasteiger partial charge in [0.25, 0.3) is 0 Å². The molecule has 0 unspecified atom stereocenters. The van der Waals surface area contributed by atoms with Crippen LogP contribution in [-0.4, -0.2) is 16.7 Å². The van der Waals surface area contributed by atoms with E-state index in [9.17, 15) is 14.7 Å². The van der Waals surface area contributed by atoms with Gasteiger partial charge in [0, 0.05) is 6.07 Å². The molecule has 1 saturated carbocycles. The summed E-state index contributed by atoms with van der Waals surface area (Å²) in [6.07, 6.45) is 1.70. The summed E-state index contributed by atoms with van der Waals surface area (Å²) < 4.78 is 11.7. The molecule has 1 aliphatic carbocycles. The molecule has 0 radical (unpaired) electrons. The van der Waals surface area contributed by atoms with Crippen LogP contribution in [0.5, 0.6) is 5.75 Å². The minimum absolute atomic E-state index is 0.227. The minimum atomic E-state index is -1.22. The first-order valence-electron chi connectivity index (χ1n) is 8.24. The Balaban J connectivity index is 1.85. The highest BCUT2D eigenvalue weighted by Gasteiger charge is 2.47. The number of carboxylic acid groups (broad SMARTS) is 1. The lowest BCUT2D eigenvalue weighted by Crippen LogP contribution is -2.50. The number of para-hydroxylation sites is 2. The van der Waals surface area contributed by atoms with E-state index in [2.05, 4.69) is 0 Å². The zero-order chi connectivity index (χ0) is 18.3. The summed E-state index contributed by atoms with van der Waals surface area (Å²) >= 11 is 6.17. The molecule has 0 saturated heterocycles. The topological polar surface area (TPSA) is 76.7 Å². The maximum atomic E-state index is 12.4. The van der Waals surface area contributed by atoms with Crippen molar-refractivity contribution in [3.05, 3.63) is 63.8 Å². The van der Waals surface area contributed by atoms with Gasteiger partial charge < -0.3 is 14.3 Å². The van der Waals surface area contributed by atoms with E-state index in [1.165, 1.54) is 6.07 Å². The number of carbonyl (C=O) groups is 1. The second kappa shape index (κ2) is 6.18. The second-order valence-electron chi connectivity index (χ2n) is 6.34. The van der Waals surface area contributed by atoms with Crippen molar-refractivity contribution in [3.63, 3.8) is 0 Å². The first-order chi connectivity index (χ1) is 12.5. The lowest BCUT2D eigenvalue weighted by Gasteiger charge is -2.38. The molecule has 0 aliphatic heterocycles. The predicted molar refractivity (Wildman–Crippen MR) is 97.8 cm³/mol. The number of hydrogen-bond donors (Lipinski definition) is 1. The van der Waals surface area contributed by atoms with Crippen molar-refractivity contribution in [1.29, 1.82) is 0 Å². The van der Waals surface area contributed by atoms with Gasteiger partial charge in [-0.1, -0.05) is 29.8 Å². The van der Waals surface area contributed by atoms with E-state index in [0.717, 1.165) is 6.42 Å². The number of fused-ring (bicyclic) bond motifs is 1. The van der Waals surface area contributed by atoms with Crippen LogP contribution in [-0.2, 0) is 4.79 Å². The average molecular weight is 371 g/mol. The first-order valence-corrected chi connectivity index (χ1v) is 8.62. The predicted octanol–water partition coefficient (Wildman–Crippen LogP) is 4.50. The van der Waals surface area contributed by atoms with Gasteiger partial charge in [-0.2, -0.15) is 0 Å². The van der Waals surface area contributed by atoms with E-state index in [1.807, 2.05) is 0 Å². The van der Waals surface area contributed by atoms with Gasteiger partial charge in [-0.3, -0.25) is 4.79 Å². The van der Waals surface area contributed by atoms with Crippen molar-refractivity contribution in [3.8, 4) is 17.1 Å². The third kappa shape index (κ3) is 2.65. The summed E-state index contributed by atoms with van der Waals surface area (Å²) in [5.41, 5.74) is -0.637. The van der Waals surface area contributed by atoms with E-state index in [0.29, 0.717) is 40.1 Å². The summed E-state index contributed by atoms with van der Waals surface area (Å²) in [5.74, 6) is -0.336. The number of rotatable bonds is 4. The quantitative estimate of drug-likeness (QED) is 0.731. The van der Waals surface area contributed by atoms with Crippen molar-refractivity contribution in [1.82, 2.24) is 0 Å². The van der Waals surface area contributed by atoms with E-state index in [4.69, 9.17) is 20.8 Å². The van der Waals surface area contributed by atoms with Gasteiger partial charge in [-0.25, -0.2) is 4.79 Å². The van der Waals surface area contributed by atoms with E-state index in [-0.39, 0.29) is 11.2 Å². The third-order valence-corrected chi connectivity index (χ3v) is 5.01. The molecular formula is C20H15ClO5. The Morgan fingerprint density at radius 2 is 1.92 bits per heavy atom. The van der Waals surface area contributed by atoms with Crippen LogP contribution >= 0.6 is 11.6 Å². The maximum Gasteiger partial charge on any atom is 0.348 e. The first kappa shape index (κ1) is 16.7. The van der Waals surface area contributed by atoms with E-state index >= 15 is 0 Å².